The van der Waals surface area contributed by atoms with Crippen molar-refractivity contribution in [3.8, 4) is 0 Å². The highest BCUT2D eigenvalue weighted by Gasteiger charge is 1.91. The number of alkyl halides is 1. The molecule has 0 aromatic rings. The topological polar surface area (TPSA) is 20.2 Å². The van der Waals surface area contributed by atoms with Crippen molar-refractivity contribution in [3.63, 3.8) is 0 Å². The van der Waals surface area contributed by atoms with Crippen molar-refractivity contribution in [2.45, 2.75) is 83.5 Å². The van der Waals surface area contributed by atoms with Crippen LogP contribution in [0.4, 0.5) is 0 Å². The van der Waals surface area contributed by atoms with E-state index >= 15 is 0 Å². The summed E-state index contributed by atoms with van der Waals surface area (Å²) in [6.07, 6.45) is 21.6. The maximum absolute atomic E-state index is 8.65. The van der Waals surface area contributed by atoms with Crippen LogP contribution in [-0.2, 0) is 0 Å². The number of hydrogen-bond donors (Lipinski definition) is 1. The Bertz CT molecular complexity index is 180. The van der Waals surface area contributed by atoms with Crippen molar-refractivity contribution in [2.75, 3.05) is 11.9 Å². The molecule has 2 heteroatoms. The van der Waals surface area contributed by atoms with E-state index in [0.29, 0.717) is 6.61 Å². The summed E-state index contributed by atoms with van der Waals surface area (Å²) in [6.45, 7) is 0.347. The molecule has 0 saturated heterocycles. The first-order chi connectivity index (χ1) is 9.41. The predicted molar refractivity (Wildman–Crippen MR) is 90.0 cm³/mol. The van der Waals surface area contributed by atoms with Gasteiger partial charge in [-0.1, -0.05) is 73.0 Å². The Hall–Kier alpha value is 0.180. The lowest BCUT2D eigenvalue weighted by molar-refractivity contribution is 0.283. The van der Waals surface area contributed by atoms with Gasteiger partial charge in [0.25, 0.3) is 0 Å². The van der Waals surface area contributed by atoms with E-state index in [4.69, 9.17) is 5.11 Å². The van der Waals surface area contributed by atoms with Crippen LogP contribution in [0.25, 0.3) is 0 Å². The fourth-order valence-electron chi connectivity index (χ4n) is 2.20. The molecule has 0 aromatic heterocycles. The lowest BCUT2D eigenvalue weighted by Gasteiger charge is -2.00. The Morgan fingerprint density at radius 2 is 1.00 bits per heavy atom. The fraction of sp³-hybridized carbons (Fsp3) is 0.882. The summed E-state index contributed by atoms with van der Waals surface area (Å²) < 4.78 is 0. The molecule has 0 rings (SSSR count). The summed E-state index contributed by atoms with van der Waals surface area (Å²) in [4.78, 5) is 0. The van der Waals surface area contributed by atoms with Gasteiger partial charge in [-0.25, -0.2) is 0 Å². The highest BCUT2D eigenvalue weighted by molar-refractivity contribution is 9.09. The monoisotopic (exact) mass is 332 g/mol. The van der Waals surface area contributed by atoms with Crippen molar-refractivity contribution < 1.29 is 5.11 Å². The van der Waals surface area contributed by atoms with Crippen LogP contribution in [-0.4, -0.2) is 17.0 Å². The van der Waals surface area contributed by atoms with Gasteiger partial charge in [0.05, 0.1) is 0 Å². The van der Waals surface area contributed by atoms with Gasteiger partial charge in [-0.15, -0.1) is 0 Å². The molecule has 0 spiro atoms. The Labute approximate surface area is 129 Å². The number of halogens is 1. The minimum absolute atomic E-state index is 0.347. The largest absolute Gasteiger partial charge is 0.396 e. The van der Waals surface area contributed by atoms with Gasteiger partial charge in [0.15, 0.2) is 0 Å². The molecule has 19 heavy (non-hydrogen) atoms. The maximum atomic E-state index is 8.65. The Balaban J connectivity index is 2.99. The molecule has 0 aliphatic heterocycles. The van der Waals surface area contributed by atoms with Crippen molar-refractivity contribution >= 4 is 15.9 Å². The van der Waals surface area contributed by atoms with Gasteiger partial charge in [0.1, 0.15) is 0 Å². The quantitative estimate of drug-likeness (QED) is 0.221. The number of aliphatic hydroxyl groups is 1. The summed E-state index contributed by atoms with van der Waals surface area (Å²) >= 11 is 3.47. The summed E-state index contributed by atoms with van der Waals surface area (Å²) in [5, 5.41) is 9.82. The second-order valence-electron chi connectivity index (χ2n) is 5.35. The zero-order valence-corrected chi connectivity index (χ0v) is 14.2. The van der Waals surface area contributed by atoms with Crippen LogP contribution in [0, 0.1) is 0 Å². The minimum Gasteiger partial charge on any atom is -0.396 e. The molecule has 0 saturated carbocycles. The second kappa shape index (κ2) is 18.2. The number of aliphatic hydroxyl groups excluding tert-OH is 1. The maximum Gasteiger partial charge on any atom is 0.0431 e. The number of hydrogen-bond acceptors (Lipinski definition) is 1. The van der Waals surface area contributed by atoms with Crippen molar-refractivity contribution in [3.05, 3.63) is 12.2 Å². The van der Waals surface area contributed by atoms with E-state index in [-0.39, 0.29) is 0 Å². The normalized spacial score (nSPS) is 11.5. The lowest BCUT2D eigenvalue weighted by Crippen LogP contribution is -1.82. The highest BCUT2D eigenvalue weighted by Crippen LogP contribution is 2.10. The Morgan fingerprint density at radius 1 is 0.579 bits per heavy atom. The summed E-state index contributed by atoms with van der Waals surface area (Å²) in [7, 11) is 0. The molecule has 1 nitrogen and oxygen atoms in total. The average molecular weight is 333 g/mol. The minimum atomic E-state index is 0.347. The van der Waals surface area contributed by atoms with Crippen LogP contribution in [0.5, 0.6) is 0 Å². The van der Waals surface area contributed by atoms with Gasteiger partial charge in [-0.3, -0.25) is 0 Å². The molecule has 0 aliphatic rings. The molecule has 0 radical (unpaired) electrons. The van der Waals surface area contributed by atoms with Gasteiger partial charge >= 0.3 is 0 Å². The molecule has 0 aliphatic carbocycles. The van der Waals surface area contributed by atoms with E-state index < -0.39 is 0 Å². The van der Waals surface area contributed by atoms with Crippen molar-refractivity contribution in [1.82, 2.24) is 0 Å². The van der Waals surface area contributed by atoms with Crippen LogP contribution in [0.1, 0.15) is 83.5 Å². The first-order valence-electron chi connectivity index (χ1n) is 8.23. The van der Waals surface area contributed by atoms with Crippen LogP contribution in [0.2, 0.25) is 0 Å². The first kappa shape index (κ1) is 19.2. The molecule has 0 atom stereocenters. The molecule has 0 bridgehead atoms. The van der Waals surface area contributed by atoms with Crippen molar-refractivity contribution in [2.24, 2.45) is 0 Å². The molecular weight excluding hydrogens is 300 g/mol. The molecule has 0 heterocycles. The van der Waals surface area contributed by atoms with Crippen molar-refractivity contribution in [1.29, 1.82) is 0 Å². The van der Waals surface area contributed by atoms with Crippen LogP contribution in [0.15, 0.2) is 12.2 Å². The van der Waals surface area contributed by atoms with E-state index in [0.717, 1.165) is 12.8 Å². The zero-order valence-electron chi connectivity index (χ0n) is 12.6. The molecule has 0 unspecified atom stereocenters. The van der Waals surface area contributed by atoms with Crippen LogP contribution in [0.3, 0.4) is 0 Å². The molecular formula is C17H33BrO. The van der Waals surface area contributed by atoms with Gasteiger partial charge in [0, 0.05) is 11.9 Å². The van der Waals surface area contributed by atoms with E-state index in [2.05, 4.69) is 28.1 Å². The Morgan fingerprint density at radius 3 is 1.47 bits per heavy atom. The molecule has 114 valence electrons. The smallest absolute Gasteiger partial charge is 0.0431 e. The van der Waals surface area contributed by atoms with E-state index in [1.54, 1.807) is 0 Å². The SMILES string of the molecule is OCCCCCC=CCCCCCCCCCCBr. The summed E-state index contributed by atoms with van der Waals surface area (Å²) in [6, 6.07) is 0. The summed E-state index contributed by atoms with van der Waals surface area (Å²) in [5.74, 6) is 0. The molecule has 0 amide bonds. The third-order valence-electron chi connectivity index (χ3n) is 3.45. The molecule has 1 N–H and O–H groups in total. The fourth-order valence-corrected chi connectivity index (χ4v) is 2.60. The van der Waals surface area contributed by atoms with E-state index in [1.165, 1.54) is 76.0 Å². The Kier molecular flexibility index (Phi) is 18.4. The van der Waals surface area contributed by atoms with E-state index in [1.807, 2.05) is 0 Å². The standard InChI is InChI=1S/C17H33BrO/c18-16-14-12-10-8-6-4-2-1-3-5-7-9-11-13-15-17-19/h5,7,19H,1-4,6,8-17H2. The molecule has 0 aromatic carbocycles. The third-order valence-corrected chi connectivity index (χ3v) is 4.01. The number of rotatable bonds is 15. The predicted octanol–water partition coefficient (Wildman–Crippen LogP) is 6.00. The highest BCUT2D eigenvalue weighted by atomic mass is 79.9. The zero-order chi connectivity index (χ0) is 14.0. The van der Waals surface area contributed by atoms with Gasteiger partial charge < -0.3 is 5.11 Å². The van der Waals surface area contributed by atoms with Gasteiger partial charge in [-0.2, -0.15) is 0 Å². The van der Waals surface area contributed by atoms with E-state index in [9.17, 15) is 0 Å². The van der Waals surface area contributed by atoms with Gasteiger partial charge in [-0.05, 0) is 38.5 Å². The van der Waals surface area contributed by atoms with Crippen LogP contribution < -0.4 is 0 Å². The average Bonchev–Trinajstić information content (AvgIpc) is 2.43. The summed E-state index contributed by atoms with van der Waals surface area (Å²) in [5.41, 5.74) is 0. The second-order valence-corrected chi connectivity index (χ2v) is 6.14. The number of unbranched alkanes of at least 4 members (excludes halogenated alkanes) is 11. The lowest BCUT2D eigenvalue weighted by atomic mass is 10.1. The van der Waals surface area contributed by atoms with Crippen LogP contribution >= 0.6 is 15.9 Å². The first-order valence-corrected chi connectivity index (χ1v) is 9.35. The van der Waals surface area contributed by atoms with Gasteiger partial charge in [0.2, 0.25) is 0 Å². The number of allylic oxidation sites excluding steroid dienone is 2. The third kappa shape index (κ3) is 18.2. The molecule has 0 fully saturated rings.